The van der Waals surface area contributed by atoms with Crippen molar-refractivity contribution in [3.8, 4) is 11.4 Å². The van der Waals surface area contributed by atoms with Crippen LogP contribution >= 0.6 is 23.1 Å². The van der Waals surface area contributed by atoms with Gasteiger partial charge in [-0.15, -0.1) is 11.3 Å². The number of carbonyl (C=O) groups excluding carboxylic acids is 2. The van der Waals surface area contributed by atoms with Crippen LogP contribution in [0.3, 0.4) is 0 Å². The van der Waals surface area contributed by atoms with Crippen LogP contribution in [-0.4, -0.2) is 34.2 Å². The smallest absolute Gasteiger partial charge is 0.305 e. The Labute approximate surface area is 203 Å². The van der Waals surface area contributed by atoms with Gasteiger partial charge in [0.2, 0.25) is 5.91 Å². The van der Waals surface area contributed by atoms with Crippen LogP contribution in [0, 0.1) is 6.92 Å². The van der Waals surface area contributed by atoms with E-state index in [1.807, 2.05) is 13.8 Å². The molecule has 0 spiro atoms. The molecule has 0 atom stereocenters. The Morgan fingerprint density at radius 1 is 1.24 bits per heavy atom. The van der Waals surface area contributed by atoms with Gasteiger partial charge in [0.25, 0.3) is 5.56 Å². The van der Waals surface area contributed by atoms with Gasteiger partial charge >= 0.3 is 5.91 Å². The average molecular weight is 499 g/mol. The number of thioether (sulfide) groups is 1. The third-order valence-corrected chi connectivity index (χ3v) is 7.33. The average Bonchev–Trinajstić information content (AvgIpc) is 3.49. The van der Waals surface area contributed by atoms with Crippen LogP contribution in [-0.2, 0) is 11.2 Å². The molecule has 3 aromatic heterocycles. The van der Waals surface area contributed by atoms with E-state index in [0.29, 0.717) is 26.8 Å². The van der Waals surface area contributed by atoms with E-state index in [9.17, 15) is 14.4 Å². The van der Waals surface area contributed by atoms with E-state index >= 15 is 0 Å². The summed E-state index contributed by atoms with van der Waals surface area (Å²) in [4.78, 5) is 44.4. The van der Waals surface area contributed by atoms with Gasteiger partial charge in [-0.2, -0.15) is 0 Å². The van der Waals surface area contributed by atoms with Crippen LogP contribution < -0.4 is 21.1 Å². The van der Waals surface area contributed by atoms with Crippen LogP contribution in [0.15, 0.2) is 57.0 Å². The van der Waals surface area contributed by atoms with Gasteiger partial charge in [0.1, 0.15) is 10.6 Å². The Morgan fingerprint density at radius 2 is 2.06 bits per heavy atom. The zero-order valence-electron chi connectivity index (χ0n) is 18.7. The maximum absolute atomic E-state index is 13.6. The van der Waals surface area contributed by atoms with Crippen molar-refractivity contribution in [1.29, 1.82) is 0 Å². The largest absolute Gasteiger partial charge is 0.497 e. The molecule has 4 rings (SSSR count). The molecule has 176 valence electrons. The molecule has 0 bridgehead atoms. The van der Waals surface area contributed by atoms with E-state index in [1.165, 1.54) is 28.2 Å². The summed E-state index contributed by atoms with van der Waals surface area (Å²) >= 11 is 2.58. The second-order valence-electron chi connectivity index (χ2n) is 7.19. The molecule has 9 nitrogen and oxygen atoms in total. The summed E-state index contributed by atoms with van der Waals surface area (Å²) in [6.45, 7) is 3.97. The molecule has 0 unspecified atom stereocenters. The monoisotopic (exact) mass is 498 g/mol. The Morgan fingerprint density at radius 3 is 2.76 bits per heavy atom. The van der Waals surface area contributed by atoms with Crippen molar-refractivity contribution in [2.45, 2.75) is 25.4 Å². The number of furan rings is 1. The number of benzene rings is 1. The van der Waals surface area contributed by atoms with E-state index in [4.69, 9.17) is 14.1 Å². The van der Waals surface area contributed by atoms with Crippen molar-refractivity contribution >= 4 is 45.1 Å². The molecule has 2 amide bonds. The minimum atomic E-state index is -0.572. The normalized spacial score (nSPS) is 10.9. The molecule has 0 saturated carbocycles. The van der Waals surface area contributed by atoms with Gasteiger partial charge in [-0.3, -0.25) is 29.8 Å². The number of fused-ring (bicyclic) bond motifs is 1. The molecular weight excluding hydrogens is 476 g/mol. The van der Waals surface area contributed by atoms with Crippen molar-refractivity contribution in [1.82, 2.24) is 20.4 Å². The lowest BCUT2D eigenvalue weighted by Gasteiger charge is -2.13. The summed E-state index contributed by atoms with van der Waals surface area (Å²) in [6.07, 6.45) is 2.16. The summed E-state index contributed by atoms with van der Waals surface area (Å²) < 4.78 is 11.8. The molecular formula is C23H22N4O5S2. The number of aryl methyl sites for hydroxylation is 2. The number of hydrogen-bond acceptors (Lipinski definition) is 8. The Bertz CT molecular complexity index is 1410. The molecule has 0 fully saturated rings. The summed E-state index contributed by atoms with van der Waals surface area (Å²) in [6, 6.07) is 10.2. The molecule has 0 aliphatic carbocycles. The third kappa shape index (κ3) is 4.70. The molecule has 0 aliphatic rings. The van der Waals surface area contributed by atoms with Gasteiger partial charge < -0.3 is 9.15 Å². The van der Waals surface area contributed by atoms with Gasteiger partial charge in [0.15, 0.2) is 10.9 Å². The number of amides is 2. The maximum atomic E-state index is 13.6. The van der Waals surface area contributed by atoms with Crippen molar-refractivity contribution in [2.24, 2.45) is 0 Å². The number of aromatic nitrogens is 2. The number of thiophene rings is 1. The highest BCUT2D eigenvalue weighted by atomic mass is 32.2. The van der Waals surface area contributed by atoms with Crippen molar-refractivity contribution < 1.29 is 18.7 Å². The third-order valence-electron chi connectivity index (χ3n) is 5.06. The number of nitrogens with zero attached hydrogens (tertiary/aromatic N) is 2. The molecule has 0 radical (unpaired) electrons. The van der Waals surface area contributed by atoms with E-state index in [-0.39, 0.29) is 17.1 Å². The summed E-state index contributed by atoms with van der Waals surface area (Å²) in [5, 5.41) is 0.936. The minimum Gasteiger partial charge on any atom is -0.497 e. The van der Waals surface area contributed by atoms with Crippen LogP contribution in [0.25, 0.3) is 15.9 Å². The Kier molecular flexibility index (Phi) is 7.03. The SMILES string of the molecule is CCc1sc2nc(SCC(=O)NNC(=O)c3ccco3)n(-c3cccc(OC)c3)c(=O)c2c1C. The molecule has 0 saturated heterocycles. The number of methoxy groups -OCH3 is 1. The van der Waals surface area contributed by atoms with Crippen LogP contribution in [0.1, 0.15) is 27.9 Å². The summed E-state index contributed by atoms with van der Waals surface area (Å²) in [7, 11) is 1.55. The predicted molar refractivity (Wildman–Crippen MR) is 131 cm³/mol. The molecule has 4 aromatic rings. The zero-order chi connectivity index (χ0) is 24.2. The number of hydrazine groups is 1. The van der Waals surface area contributed by atoms with Gasteiger partial charge in [0, 0.05) is 10.9 Å². The van der Waals surface area contributed by atoms with Gasteiger partial charge in [-0.05, 0) is 43.2 Å². The second kappa shape index (κ2) is 10.1. The fourth-order valence-electron chi connectivity index (χ4n) is 3.38. The standard InChI is InChI=1S/C23H22N4O5S2/c1-4-17-13(2)19-21(34-17)24-23(27(22(19)30)14-7-5-8-15(11-14)31-3)33-12-18(28)25-26-20(29)16-9-6-10-32-16/h5-11H,4,12H2,1-3H3,(H,25,28)(H,26,29). The highest BCUT2D eigenvalue weighted by Crippen LogP contribution is 2.31. The van der Waals surface area contributed by atoms with E-state index in [0.717, 1.165) is 28.6 Å². The quantitative estimate of drug-likeness (QED) is 0.228. The topological polar surface area (TPSA) is 115 Å². The lowest BCUT2D eigenvalue weighted by atomic mass is 10.2. The lowest BCUT2D eigenvalue weighted by Crippen LogP contribution is -2.42. The van der Waals surface area contributed by atoms with Crippen molar-refractivity contribution in [2.75, 3.05) is 12.9 Å². The summed E-state index contributed by atoms with van der Waals surface area (Å²) in [5.41, 5.74) is 5.93. The first-order valence-electron chi connectivity index (χ1n) is 10.4. The van der Waals surface area contributed by atoms with Crippen LogP contribution in [0.5, 0.6) is 5.75 Å². The lowest BCUT2D eigenvalue weighted by molar-refractivity contribution is -0.119. The number of nitrogens with one attached hydrogen (secondary N) is 2. The number of hydrogen-bond donors (Lipinski definition) is 2. The second-order valence-corrected chi connectivity index (χ2v) is 9.21. The summed E-state index contributed by atoms with van der Waals surface area (Å²) in [5.74, 6) is -0.446. The number of ether oxygens (including phenoxy) is 1. The fourth-order valence-corrected chi connectivity index (χ4v) is 5.35. The van der Waals surface area contributed by atoms with Crippen LogP contribution in [0.4, 0.5) is 0 Å². The van der Waals surface area contributed by atoms with E-state index in [1.54, 1.807) is 37.4 Å². The van der Waals surface area contributed by atoms with Gasteiger partial charge in [-0.25, -0.2) is 4.98 Å². The first kappa shape index (κ1) is 23.6. The Balaban J connectivity index is 1.64. The predicted octanol–water partition coefficient (Wildman–Crippen LogP) is 3.47. The first-order chi connectivity index (χ1) is 16.4. The molecule has 11 heteroatoms. The van der Waals surface area contributed by atoms with Crippen LogP contribution in [0.2, 0.25) is 0 Å². The Hall–Kier alpha value is -3.57. The zero-order valence-corrected chi connectivity index (χ0v) is 20.3. The van der Waals surface area contributed by atoms with Crippen molar-refractivity contribution in [3.63, 3.8) is 0 Å². The highest BCUT2D eigenvalue weighted by molar-refractivity contribution is 7.99. The highest BCUT2D eigenvalue weighted by Gasteiger charge is 2.20. The van der Waals surface area contributed by atoms with E-state index in [2.05, 4.69) is 10.9 Å². The first-order valence-corrected chi connectivity index (χ1v) is 12.2. The fraction of sp³-hybridized carbons (Fsp3) is 0.217. The maximum Gasteiger partial charge on any atom is 0.305 e. The molecule has 2 N–H and O–H groups in total. The molecule has 34 heavy (non-hydrogen) atoms. The molecule has 3 heterocycles. The van der Waals surface area contributed by atoms with Gasteiger partial charge in [-0.1, -0.05) is 24.8 Å². The van der Waals surface area contributed by atoms with E-state index < -0.39 is 11.8 Å². The number of rotatable bonds is 7. The minimum absolute atomic E-state index is 0.0757. The number of carbonyl (C=O) groups is 2. The molecule has 0 aliphatic heterocycles. The molecule has 1 aromatic carbocycles. The van der Waals surface area contributed by atoms with Gasteiger partial charge in [0.05, 0.1) is 30.2 Å². The van der Waals surface area contributed by atoms with Crippen molar-refractivity contribution in [3.05, 3.63) is 69.2 Å².